The number of amides is 1. The maximum atomic E-state index is 12.8. The lowest BCUT2D eigenvalue weighted by Crippen LogP contribution is -2.14. The predicted octanol–water partition coefficient (Wildman–Crippen LogP) is 4.89. The quantitative estimate of drug-likeness (QED) is 0.617. The Bertz CT molecular complexity index is 936. The van der Waals surface area contributed by atoms with Crippen LogP contribution in [0.2, 0.25) is 0 Å². The molecule has 4 nitrogen and oxygen atoms in total. The lowest BCUT2D eigenvalue weighted by Gasteiger charge is -2.08. The third-order valence-corrected chi connectivity index (χ3v) is 4.32. The van der Waals surface area contributed by atoms with Gasteiger partial charge in [-0.15, -0.1) is 0 Å². The lowest BCUT2D eigenvalue weighted by atomic mass is 10.1. The molecule has 3 rings (SSSR count). The average Bonchev–Trinajstić information content (AvgIpc) is 3.03. The van der Waals surface area contributed by atoms with Crippen molar-refractivity contribution in [2.45, 2.75) is 19.1 Å². The zero-order valence-corrected chi connectivity index (χ0v) is 15.6. The van der Waals surface area contributed by atoms with Crippen molar-refractivity contribution < 1.29 is 18.0 Å². The van der Waals surface area contributed by atoms with Crippen molar-refractivity contribution in [1.82, 2.24) is 9.78 Å². The van der Waals surface area contributed by atoms with Gasteiger partial charge >= 0.3 is 6.18 Å². The molecule has 0 aliphatic carbocycles. The SMILES string of the molecule is O=C(Cc1ccc(Br)cc1)Nc1cnn(Cc2cccc(C(F)(F)F)c2)c1. The van der Waals surface area contributed by atoms with Gasteiger partial charge in [0, 0.05) is 10.7 Å². The van der Waals surface area contributed by atoms with Gasteiger partial charge in [-0.25, -0.2) is 0 Å². The Morgan fingerprint density at radius 3 is 2.56 bits per heavy atom. The van der Waals surface area contributed by atoms with E-state index in [-0.39, 0.29) is 18.9 Å². The maximum Gasteiger partial charge on any atom is 0.416 e. The van der Waals surface area contributed by atoms with Crippen LogP contribution < -0.4 is 5.32 Å². The molecule has 0 bridgehead atoms. The topological polar surface area (TPSA) is 46.9 Å². The van der Waals surface area contributed by atoms with Crippen LogP contribution in [0.1, 0.15) is 16.7 Å². The molecule has 1 amide bonds. The highest BCUT2D eigenvalue weighted by Crippen LogP contribution is 2.29. The zero-order chi connectivity index (χ0) is 19.4. The zero-order valence-electron chi connectivity index (χ0n) is 14.0. The number of halogens is 4. The number of benzene rings is 2. The van der Waals surface area contributed by atoms with E-state index in [1.807, 2.05) is 24.3 Å². The number of hydrogen-bond acceptors (Lipinski definition) is 2. The van der Waals surface area contributed by atoms with Gasteiger partial charge in [0.15, 0.2) is 0 Å². The number of anilines is 1. The summed E-state index contributed by atoms with van der Waals surface area (Å²) in [5.74, 6) is -0.198. The summed E-state index contributed by atoms with van der Waals surface area (Å²) >= 11 is 3.34. The lowest BCUT2D eigenvalue weighted by molar-refractivity contribution is -0.137. The van der Waals surface area contributed by atoms with E-state index >= 15 is 0 Å². The van der Waals surface area contributed by atoms with E-state index in [1.54, 1.807) is 12.3 Å². The molecule has 0 saturated heterocycles. The van der Waals surface area contributed by atoms with Crippen molar-refractivity contribution in [2.24, 2.45) is 0 Å². The molecule has 0 radical (unpaired) electrons. The molecule has 0 atom stereocenters. The number of rotatable bonds is 5. The van der Waals surface area contributed by atoms with Gasteiger partial charge in [-0.2, -0.15) is 18.3 Å². The average molecular weight is 438 g/mol. The van der Waals surface area contributed by atoms with Crippen molar-refractivity contribution in [3.8, 4) is 0 Å². The van der Waals surface area contributed by atoms with Gasteiger partial charge in [0.2, 0.25) is 5.91 Å². The largest absolute Gasteiger partial charge is 0.416 e. The molecule has 8 heteroatoms. The Kier molecular flexibility index (Phi) is 5.65. The highest BCUT2D eigenvalue weighted by Gasteiger charge is 2.30. The fourth-order valence-corrected chi connectivity index (χ4v) is 2.80. The second-order valence-electron chi connectivity index (χ2n) is 5.98. The molecule has 0 spiro atoms. The highest BCUT2D eigenvalue weighted by atomic mass is 79.9. The number of carbonyl (C=O) groups is 1. The fraction of sp³-hybridized carbons (Fsp3) is 0.158. The molecule has 0 fully saturated rings. The molecule has 3 aromatic rings. The molecule has 1 aromatic heterocycles. The fourth-order valence-electron chi connectivity index (χ4n) is 2.54. The van der Waals surface area contributed by atoms with E-state index in [1.165, 1.54) is 16.9 Å². The summed E-state index contributed by atoms with van der Waals surface area (Å²) in [5.41, 5.74) is 1.13. The number of hydrogen-bond donors (Lipinski definition) is 1. The summed E-state index contributed by atoms with van der Waals surface area (Å²) in [6, 6.07) is 12.5. The van der Waals surface area contributed by atoms with Crippen LogP contribution >= 0.6 is 15.9 Å². The van der Waals surface area contributed by atoms with Gasteiger partial charge in [-0.05, 0) is 35.4 Å². The molecule has 0 unspecified atom stereocenters. The number of nitrogens with zero attached hydrogens (tertiary/aromatic N) is 2. The summed E-state index contributed by atoms with van der Waals surface area (Å²) < 4.78 is 40.8. The van der Waals surface area contributed by atoms with Crippen LogP contribution in [0.15, 0.2) is 65.4 Å². The predicted molar refractivity (Wildman–Crippen MR) is 99.2 cm³/mol. The van der Waals surface area contributed by atoms with Crippen LogP contribution in [0.4, 0.5) is 18.9 Å². The van der Waals surface area contributed by atoms with E-state index in [4.69, 9.17) is 0 Å². The summed E-state index contributed by atoms with van der Waals surface area (Å²) in [7, 11) is 0. The van der Waals surface area contributed by atoms with Crippen LogP contribution in [0.5, 0.6) is 0 Å². The highest BCUT2D eigenvalue weighted by molar-refractivity contribution is 9.10. The van der Waals surface area contributed by atoms with Gasteiger partial charge in [0.05, 0.1) is 30.4 Å². The van der Waals surface area contributed by atoms with E-state index in [0.717, 1.165) is 22.2 Å². The van der Waals surface area contributed by atoms with Gasteiger partial charge in [-0.3, -0.25) is 9.48 Å². The normalized spacial score (nSPS) is 11.4. The van der Waals surface area contributed by atoms with Crippen LogP contribution in [-0.2, 0) is 23.9 Å². The minimum atomic E-state index is -4.38. The Hall–Kier alpha value is -2.61. The van der Waals surface area contributed by atoms with Crippen LogP contribution in [0.25, 0.3) is 0 Å². The third-order valence-electron chi connectivity index (χ3n) is 3.79. The molecule has 1 N–H and O–H groups in total. The first-order valence-corrected chi connectivity index (χ1v) is 8.82. The van der Waals surface area contributed by atoms with Crippen molar-refractivity contribution >= 4 is 27.5 Å². The molecule has 0 aliphatic rings. The Morgan fingerprint density at radius 1 is 1.11 bits per heavy atom. The minimum Gasteiger partial charge on any atom is -0.323 e. The van der Waals surface area contributed by atoms with Gasteiger partial charge in [0.1, 0.15) is 0 Å². The second-order valence-corrected chi connectivity index (χ2v) is 6.89. The molecular weight excluding hydrogens is 423 g/mol. The minimum absolute atomic E-state index is 0.173. The second kappa shape index (κ2) is 7.96. The molecule has 27 heavy (non-hydrogen) atoms. The molecule has 2 aromatic carbocycles. The summed E-state index contributed by atoms with van der Waals surface area (Å²) in [5, 5.41) is 6.82. The maximum absolute atomic E-state index is 12.8. The number of aromatic nitrogens is 2. The van der Waals surface area contributed by atoms with Crippen LogP contribution in [0.3, 0.4) is 0 Å². The first-order valence-electron chi connectivity index (χ1n) is 8.02. The molecular formula is C19H15BrF3N3O. The van der Waals surface area contributed by atoms with E-state index < -0.39 is 11.7 Å². The molecule has 140 valence electrons. The van der Waals surface area contributed by atoms with Crippen molar-refractivity contribution in [2.75, 3.05) is 5.32 Å². The third kappa shape index (κ3) is 5.43. The molecule has 0 aliphatic heterocycles. The van der Waals surface area contributed by atoms with Gasteiger partial charge in [0.25, 0.3) is 0 Å². The summed E-state index contributed by atoms with van der Waals surface area (Å²) in [6.45, 7) is 0.173. The van der Waals surface area contributed by atoms with Gasteiger partial charge in [-0.1, -0.05) is 40.2 Å². The first-order chi connectivity index (χ1) is 12.8. The van der Waals surface area contributed by atoms with E-state index in [9.17, 15) is 18.0 Å². The molecule has 0 saturated carbocycles. The summed E-state index contributed by atoms with van der Waals surface area (Å²) in [4.78, 5) is 12.1. The number of alkyl halides is 3. The van der Waals surface area contributed by atoms with Gasteiger partial charge < -0.3 is 5.32 Å². The standard InChI is InChI=1S/C19H15BrF3N3O/c20-16-6-4-13(5-7-16)9-18(27)25-17-10-24-26(12-17)11-14-2-1-3-15(8-14)19(21,22)23/h1-8,10,12H,9,11H2,(H,25,27). The molecule has 1 heterocycles. The summed E-state index contributed by atoms with van der Waals surface area (Å²) in [6.07, 6.45) is -1.12. The smallest absolute Gasteiger partial charge is 0.323 e. The van der Waals surface area contributed by atoms with Crippen molar-refractivity contribution in [1.29, 1.82) is 0 Å². The number of nitrogens with one attached hydrogen (secondary N) is 1. The van der Waals surface area contributed by atoms with E-state index in [0.29, 0.717) is 11.3 Å². The Balaban J connectivity index is 1.61. The number of carbonyl (C=O) groups excluding carboxylic acids is 1. The first kappa shape index (κ1) is 19.2. The van der Waals surface area contributed by atoms with E-state index in [2.05, 4.69) is 26.3 Å². The monoisotopic (exact) mass is 437 g/mol. The van der Waals surface area contributed by atoms with Crippen LogP contribution in [0, 0.1) is 0 Å². The Morgan fingerprint density at radius 2 is 1.85 bits per heavy atom. The van der Waals surface area contributed by atoms with Crippen molar-refractivity contribution in [3.05, 3.63) is 82.1 Å². The van der Waals surface area contributed by atoms with Crippen molar-refractivity contribution in [3.63, 3.8) is 0 Å². The van der Waals surface area contributed by atoms with Crippen LogP contribution in [-0.4, -0.2) is 15.7 Å². The Labute approximate surface area is 162 Å².